The van der Waals surface area contributed by atoms with Crippen molar-refractivity contribution in [1.82, 2.24) is 5.32 Å². The Labute approximate surface area is 76.9 Å². The van der Waals surface area contributed by atoms with E-state index < -0.39 is 0 Å². The third-order valence-corrected chi connectivity index (χ3v) is 2.06. The smallest absolute Gasteiger partial charge is 0.00490 e. The van der Waals surface area contributed by atoms with Crippen molar-refractivity contribution < 1.29 is 0 Å². The van der Waals surface area contributed by atoms with Crippen LogP contribution in [0.4, 0.5) is 0 Å². The fourth-order valence-corrected chi connectivity index (χ4v) is 1.28. The predicted molar refractivity (Wildman–Crippen MR) is 55.3 cm³/mol. The molecule has 74 valence electrons. The highest BCUT2D eigenvalue weighted by Crippen LogP contribution is 2.03. The summed E-state index contributed by atoms with van der Waals surface area (Å²) >= 11 is 0. The van der Waals surface area contributed by atoms with Crippen molar-refractivity contribution in [1.29, 1.82) is 0 Å². The van der Waals surface area contributed by atoms with E-state index in [0.717, 1.165) is 13.1 Å². The van der Waals surface area contributed by atoms with Gasteiger partial charge in [-0.05, 0) is 32.5 Å². The number of unbranched alkanes of at least 4 members (excludes halogenated alkanes) is 5. The van der Waals surface area contributed by atoms with Crippen LogP contribution in [0.2, 0.25) is 0 Å². The van der Waals surface area contributed by atoms with Gasteiger partial charge in [0.25, 0.3) is 0 Å². The van der Waals surface area contributed by atoms with Gasteiger partial charge in [0.1, 0.15) is 0 Å². The fraction of sp³-hybridized carbons (Fsp3) is 1.00. The quantitative estimate of drug-likeness (QED) is 0.521. The molecule has 0 aliphatic rings. The van der Waals surface area contributed by atoms with E-state index in [1.807, 2.05) is 0 Å². The second-order valence-electron chi connectivity index (χ2n) is 3.26. The number of nitrogens with two attached hydrogens (primary N) is 1. The van der Waals surface area contributed by atoms with Crippen LogP contribution in [-0.2, 0) is 0 Å². The molecule has 2 nitrogen and oxygen atoms in total. The molecule has 2 heteroatoms. The minimum atomic E-state index is 0.859. The summed E-state index contributed by atoms with van der Waals surface area (Å²) in [5.41, 5.74) is 5.40. The lowest BCUT2D eigenvalue weighted by Crippen LogP contribution is -2.13. The molecule has 0 aliphatic carbocycles. The minimum Gasteiger partial charge on any atom is -0.330 e. The van der Waals surface area contributed by atoms with Crippen molar-refractivity contribution in [2.75, 3.05) is 19.6 Å². The molecule has 0 aliphatic heterocycles. The van der Waals surface area contributed by atoms with Crippen LogP contribution < -0.4 is 11.1 Å². The molecule has 0 bridgehead atoms. The van der Waals surface area contributed by atoms with Crippen LogP contribution in [0, 0.1) is 0 Å². The Kier molecular flexibility index (Phi) is 10.8. The third-order valence-electron chi connectivity index (χ3n) is 2.06. The molecule has 3 N–H and O–H groups in total. The zero-order valence-corrected chi connectivity index (χ0v) is 8.44. The van der Waals surface area contributed by atoms with E-state index in [1.54, 1.807) is 0 Å². The molecule has 0 saturated heterocycles. The lowest BCUT2D eigenvalue weighted by atomic mass is 10.1. The van der Waals surface area contributed by atoms with E-state index in [1.165, 1.54) is 45.1 Å². The number of hydrogen-bond acceptors (Lipinski definition) is 2. The van der Waals surface area contributed by atoms with Crippen LogP contribution in [-0.4, -0.2) is 19.6 Å². The summed E-state index contributed by atoms with van der Waals surface area (Å²) in [4.78, 5) is 0. The van der Waals surface area contributed by atoms with Gasteiger partial charge in [0.15, 0.2) is 0 Å². The zero-order chi connectivity index (χ0) is 9.07. The van der Waals surface area contributed by atoms with Crippen LogP contribution in [0.5, 0.6) is 0 Å². The van der Waals surface area contributed by atoms with E-state index in [0.29, 0.717) is 0 Å². The summed E-state index contributed by atoms with van der Waals surface area (Å²) < 4.78 is 0. The number of hydrogen-bond donors (Lipinski definition) is 2. The first-order valence-electron chi connectivity index (χ1n) is 5.32. The summed E-state index contributed by atoms with van der Waals surface area (Å²) in [6, 6.07) is 0. The fourth-order valence-electron chi connectivity index (χ4n) is 1.28. The Balaban J connectivity index is 2.73. The maximum atomic E-state index is 5.40. The molecular weight excluding hydrogens is 148 g/mol. The normalized spacial score (nSPS) is 10.5. The first-order chi connectivity index (χ1) is 5.91. The maximum Gasteiger partial charge on any atom is -0.00490 e. The van der Waals surface area contributed by atoms with Gasteiger partial charge in [0.05, 0.1) is 0 Å². The van der Waals surface area contributed by atoms with Gasteiger partial charge < -0.3 is 11.1 Å². The topological polar surface area (TPSA) is 38.0 Å². The van der Waals surface area contributed by atoms with Gasteiger partial charge in [-0.15, -0.1) is 0 Å². The standard InChI is InChI=1S/C10H24N2/c1-2-12-10-8-6-4-3-5-7-9-11/h12H,2-11H2,1H3. The Bertz CT molecular complexity index is 64.2. The van der Waals surface area contributed by atoms with Gasteiger partial charge in [-0.1, -0.05) is 32.6 Å². The predicted octanol–water partition coefficient (Wildman–Crippen LogP) is 1.90. The summed E-state index contributed by atoms with van der Waals surface area (Å²) in [5, 5.41) is 3.33. The lowest BCUT2D eigenvalue weighted by Gasteiger charge is -2.01. The van der Waals surface area contributed by atoms with Crippen molar-refractivity contribution in [2.45, 2.75) is 45.4 Å². The minimum absolute atomic E-state index is 0.859. The van der Waals surface area contributed by atoms with Gasteiger partial charge in [-0.2, -0.15) is 0 Å². The van der Waals surface area contributed by atoms with Crippen LogP contribution in [0.25, 0.3) is 0 Å². The molecule has 0 spiro atoms. The van der Waals surface area contributed by atoms with Crippen molar-refractivity contribution in [3.8, 4) is 0 Å². The molecule has 12 heavy (non-hydrogen) atoms. The van der Waals surface area contributed by atoms with E-state index in [2.05, 4.69) is 12.2 Å². The van der Waals surface area contributed by atoms with E-state index in [4.69, 9.17) is 5.73 Å². The van der Waals surface area contributed by atoms with Crippen LogP contribution in [0.1, 0.15) is 45.4 Å². The Morgan fingerprint density at radius 1 is 0.917 bits per heavy atom. The summed E-state index contributed by atoms with van der Waals surface area (Å²) in [5.74, 6) is 0. The van der Waals surface area contributed by atoms with Gasteiger partial charge in [0, 0.05) is 0 Å². The average Bonchev–Trinajstić information content (AvgIpc) is 2.10. The largest absolute Gasteiger partial charge is 0.330 e. The van der Waals surface area contributed by atoms with Crippen molar-refractivity contribution in [3.05, 3.63) is 0 Å². The molecule has 0 rings (SSSR count). The van der Waals surface area contributed by atoms with E-state index in [9.17, 15) is 0 Å². The zero-order valence-electron chi connectivity index (χ0n) is 8.44. The molecule has 0 aromatic rings. The van der Waals surface area contributed by atoms with E-state index in [-0.39, 0.29) is 0 Å². The van der Waals surface area contributed by atoms with Crippen LogP contribution >= 0.6 is 0 Å². The van der Waals surface area contributed by atoms with Gasteiger partial charge in [-0.3, -0.25) is 0 Å². The molecule has 0 aromatic carbocycles. The van der Waals surface area contributed by atoms with Gasteiger partial charge >= 0.3 is 0 Å². The summed E-state index contributed by atoms with van der Waals surface area (Å²) in [6.07, 6.45) is 7.97. The average molecular weight is 172 g/mol. The molecule has 0 fully saturated rings. The van der Waals surface area contributed by atoms with Crippen LogP contribution in [0.3, 0.4) is 0 Å². The molecule has 0 aromatic heterocycles. The number of nitrogens with one attached hydrogen (secondary N) is 1. The van der Waals surface area contributed by atoms with Crippen molar-refractivity contribution in [2.24, 2.45) is 5.73 Å². The maximum absolute atomic E-state index is 5.40. The Hall–Kier alpha value is -0.0800. The molecule has 0 saturated carbocycles. The highest BCUT2D eigenvalue weighted by atomic mass is 14.8. The molecule has 0 heterocycles. The molecule has 0 radical (unpaired) electrons. The van der Waals surface area contributed by atoms with Crippen molar-refractivity contribution >= 4 is 0 Å². The third kappa shape index (κ3) is 9.92. The second kappa shape index (κ2) is 10.9. The van der Waals surface area contributed by atoms with Gasteiger partial charge in [-0.25, -0.2) is 0 Å². The lowest BCUT2D eigenvalue weighted by molar-refractivity contribution is 0.574. The highest BCUT2D eigenvalue weighted by Gasteiger charge is 1.89. The molecule has 0 unspecified atom stereocenters. The first-order valence-corrected chi connectivity index (χ1v) is 5.32. The highest BCUT2D eigenvalue weighted by molar-refractivity contribution is 4.48. The summed E-state index contributed by atoms with van der Waals surface area (Å²) in [6.45, 7) is 5.30. The van der Waals surface area contributed by atoms with Crippen molar-refractivity contribution in [3.63, 3.8) is 0 Å². The van der Waals surface area contributed by atoms with Gasteiger partial charge in [0.2, 0.25) is 0 Å². The molecule has 0 atom stereocenters. The Morgan fingerprint density at radius 3 is 2.08 bits per heavy atom. The SMILES string of the molecule is CCNCCCCCCCCN. The second-order valence-corrected chi connectivity index (χ2v) is 3.26. The van der Waals surface area contributed by atoms with Crippen LogP contribution in [0.15, 0.2) is 0 Å². The van der Waals surface area contributed by atoms with E-state index >= 15 is 0 Å². The number of rotatable bonds is 9. The Morgan fingerprint density at radius 2 is 1.50 bits per heavy atom. The first kappa shape index (κ1) is 11.9. The molecular formula is C10H24N2. The summed E-state index contributed by atoms with van der Waals surface area (Å²) in [7, 11) is 0. The molecule has 0 amide bonds. The monoisotopic (exact) mass is 172 g/mol.